The molecular weight excluding hydrogens is 290 g/mol. The van der Waals surface area contributed by atoms with E-state index in [1.807, 2.05) is 18.2 Å². The molecule has 1 rings (SSSR count). The van der Waals surface area contributed by atoms with E-state index in [1.54, 1.807) is 0 Å². The molecule has 0 spiro atoms. The van der Waals surface area contributed by atoms with Crippen molar-refractivity contribution in [3.63, 3.8) is 0 Å². The van der Waals surface area contributed by atoms with Crippen LogP contribution in [0.1, 0.15) is 32.8 Å². The normalized spacial score (nSPS) is 12.6. The van der Waals surface area contributed by atoms with Crippen molar-refractivity contribution < 1.29 is 0 Å². The van der Waals surface area contributed by atoms with Gasteiger partial charge in [-0.15, -0.1) is 0 Å². The lowest BCUT2D eigenvalue weighted by atomic mass is 10.0. The molecule has 0 aliphatic rings. The van der Waals surface area contributed by atoms with E-state index in [2.05, 4.69) is 48.6 Å². The van der Waals surface area contributed by atoms with Crippen LogP contribution in [-0.4, -0.2) is 18.9 Å². The van der Waals surface area contributed by atoms with Gasteiger partial charge in [-0.1, -0.05) is 13.8 Å². The Kier molecular flexibility index (Phi) is 5.20. The summed E-state index contributed by atoms with van der Waals surface area (Å²) in [7, 11) is 2.10. The SMILES string of the molecule is CC(C)CC(C)N(C)c1ccc(C(=N)N)c(Br)c1. The van der Waals surface area contributed by atoms with Crippen LogP contribution in [0.25, 0.3) is 0 Å². The summed E-state index contributed by atoms with van der Waals surface area (Å²) >= 11 is 3.47. The molecule has 3 nitrogen and oxygen atoms in total. The van der Waals surface area contributed by atoms with Crippen molar-refractivity contribution in [3.05, 3.63) is 28.2 Å². The van der Waals surface area contributed by atoms with Gasteiger partial charge in [0.25, 0.3) is 0 Å². The quantitative estimate of drug-likeness (QED) is 0.645. The van der Waals surface area contributed by atoms with E-state index >= 15 is 0 Å². The number of rotatable bonds is 5. The number of nitrogens with one attached hydrogen (secondary N) is 1. The number of hydrogen-bond donors (Lipinski definition) is 2. The van der Waals surface area contributed by atoms with Gasteiger partial charge < -0.3 is 10.6 Å². The highest BCUT2D eigenvalue weighted by molar-refractivity contribution is 9.10. The molecule has 1 aromatic carbocycles. The van der Waals surface area contributed by atoms with Crippen LogP contribution in [0.4, 0.5) is 5.69 Å². The summed E-state index contributed by atoms with van der Waals surface area (Å²) in [6, 6.07) is 6.41. The molecule has 0 saturated carbocycles. The molecule has 0 aromatic heterocycles. The summed E-state index contributed by atoms with van der Waals surface area (Å²) in [5.74, 6) is 0.772. The summed E-state index contributed by atoms with van der Waals surface area (Å²) in [6.07, 6.45) is 1.16. The fourth-order valence-corrected chi connectivity index (χ4v) is 2.62. The van der Waals surface area contributed by atoms with Crippen LogP contribution in [0.2, 0.25) is 0 Å². The van der Waals surface area contributed by atoms with Gasteiger partial charge in [0.05, 0.1) is 0 Å². The maximum absolute atomic E-state index is 7.47. The third-order valence-electron chi connectivity index (χ3n) is 3.12. The van der Waals surface area contributed by atoms with Crippen LogP contribution < -0.4 is 10.6 Å². The Morgan fingerprint density at radius 1 is 1.39 bits per heavy atom. The van der Waals surface area contributed by atoms with Crippen LogP contribution in [0.3, 0.4) is 0 Å². The summed E-state index contributed by atoms with van der Waals surface area (Å²) in [5.41, 5.74) is 7.38. The van der Waals surface area contributed by atoms with Crippen molar-refractivity contribution in [2.45, 2.75) is 33.2 Å². The molecule has 0 heterocycles. The molecule has 1 aromatic rings. The zero-order valence-corrected chi connectivity index (χ0v) is 13.1. The first-order valence-electron chi connectivity index (χ1n) is 6.19. The average molecular weight is 312 g/mol. The Morgan fingerprint density at radius 3 is 2.44 bits per heavy atom. The van der Waals surface area contributed by atoms with Gasteiger partial charge >= 0.3 is 0 Å². The largest absolute Gasteiger partial charge is 0.384 e. The van der Waals surface area contributed by atoms with Crippen molar-refractivity contribution in [1.29, 1.82) is 5.41 Å². The fourth-order valence-electron chi connectivity index (χ4n) is 2.04. The third kappa shape index (κ3) is 3.73. The van der Waals surface area contributed by atoms with Crippen molar-refractivity contribution in [2.24, 2.45) is 11.7 Å². The molecule has 1 unspecified atom stereocenters. The van der Waals surface area contributed by atoms with Crippen molar-refractivity contribution in [3.8, 4) is 0 Å². The second-order valence-electron chi connectivity index (χ2n) is 5.17. The Labute approximate surface area is 118 Å². The molecule has 3 N–H and O–H groups in total. The van der Waals surface area contributed by atoms with Gasteiger partial charge in [-0.3, -0.25) is 5.41 Å². The van der Waals surface area contributed by atoms with Gasteiger partial charge in [-0.05, 0) is 53.4 Å². The van der Waals surface area contributed by atoms with Crippen molar-refractivity contribution in [1.82, 2.24) is 0 Å². The number of halogens is 1. The molecule has 100 valence electrons. The second kappa shape index (κ2) is 6.23. The molecule has 0 fully saturated rings. The van der Waals surface area contributed by atoms with Gasteiger partial charge in [0.1, 0.15) is 5.84 Å². The number of anilines is 1. The third-order valence-corrected chi connectivity index (χ3v) is 3.78. The van der Waals surface area contributed by atoms with E-state index in [4.69, 9.17) is 11.1 Å². The van der Waals surface area contributed by atoms with Gasteiger partial charge in [0, 0.05) is 28.8 Å². The van der Waals surface area contributed by atoms with E-state index < -0.39 is 0 Å². The lowest BCUT2D eigenvalue weighted by Crippen LogP contribution is -2.30. The predicted octanol–water partition coefficient (Wildman–Crippen LogP) is 3.60. The summed E-state index contributed by atoms with van der Waals surface area (Å²) in [5, 5.41) is 7.47. The molecular formula is C14H22BrN3. The Morgan fingerprint density at radius 2 is 2.00 bits per heavy atom. The highest BCUT2D eigenvalue weighted by Gasteiger charge is 2.13. The monoisotopic (exact) mass is 311 g/mol. The van der Waals surface area contributed by atoms with E-state index in [9.17, 15) is 0 Å². The number of nitrogens with zero attached hydrogens (tertiary/aromatic N) is 1. The first-order valence-corrected chi connectivity index (χ1v) is 6.99. The van der Waals surface area contributed by atoms with Gasteiger partial charge in [-0.25, -0.2) is 0 Å². The Balaban J connectivity index is 2.90. The van der Waals surface area contributed by atoms with Crippen LogP contribution in [-0.2, 0) is 0 Å². The number of benzene rings is 1. The standard InChI is InChI=1S/C14H22BrN3/c1-9(2)7-10(3)18(4)11-5-6-12(14(16)17)13(15)8-11/h5-6,8-10H,7H2,1-4H3,(H3,16,17). The molecule has 0 amide bonds. The molecule has 0 saturated heterocycles. The summed E-state index contributed by atoms with van der Waals surface area (Å²) in [4.78, 5) is 2.26. The second-order valence-corrected chi connectivity index (χ2v) is 6.02. The summed E-state index contributed by atoms with van der Waals surface area (Å²) in [6.45, 7) is 6.70. The molecule has 1 atom stereocenters. The lowest BCUT2D eigenvalue weighted by Gasteiger charge is -2.28. The molecule has 0 aliphatic heterocycles. The van der Waals surface area contributed by atoms with Crippen LogP contribution in [0, 0.1) is 11.3 Å². The minimum Gasteiger partial charge on any atom is -0.384 e. The summed E-state index contributed by atoms with van der Waals surface area (Å²) < 4.78 is 0.871. The molecule has 4 heteroatoms. The van der Waals surface area contributed by atoms with E-state index in [-0.39, 0.29) is 5.84 Å². The molecule has 18 heavy (non-hydrogen) atoms. The van der Waals surface area contributed by atoms with E-state index in [0.29, 0.717) is 12.0 Å². The maximum Gasteiger partial charge on any atom is 0.123 e. The first kappa shape index (κ1) is 15.0. The fraction of sp³-hybridized carbons (Fsp3) is 0.500. The number of amidine groups is 1. The van der Waals surface area contributed by atoms with Crippen molar-refractivity contribution in [2.75, 3.05) is 11.9 Å². The minimum absolute atomic E-state index is 0.0892. The maximum atomic E-state index is 7.47. The van der Waals surface area contributed by atoms with E-state index in [1.165, 1.54) is 0 Å². The Bertz CT molecular complexity index is 429. The lowest BCUT2D eigenvalue weighted by molar-refractivity contribution is 0.504. The van der Waals surface area contributed by atoms with Crippen LogP contribution in [0.5, 0.6) is 0 Å². The smallest absolute Gasteiger partial charge is 0.123 e. The van der Waals surface area contributed by atoms with Crippen molar-refractivity contribution >= 4 is 27.5 Å². The number of nitrogen functional groups attached to an aromatic ring is 1. The average Bonchev–Trinajstić information content (AvgIpc) is 2.26. The van der Waals surface area contributed by atoms with E-state index in [0.717, 1.165) is 22.1 Å². The minimum atomic E-state index is 0.0892. The van der Waals surface area contributed by atoms with Gasteiger partial charge in [0.15, 0.2) is 0 Å². The van der Waals surface area contributed by atoms with Crippen LogP contribution >= 0.6 is 15.9 Å². The highest BCUT2D eigenvalue weighted by Crippen LogP contribution is 2.25. The zero-order chi connectivity index (χ0) is 13.9. The van der Waals surface area contributed by atoms with Gasteiger partial charge in [-0.2, -0.15) is 0 Å². The molecule has 0 bridgehead atoms. The molecule has 0 radical (unpaired) electrons. The van der Waals surface area contributed by atoms with Crippen LogP contribution in [0.15, 0.2) is 22.7 Å². The molecule has 0 aliphatic carbocycles. The zero-order valence-electron chi connectivity index (χ0n) is 11.5. The predicted molar refractivity (Wildman–Crippen MR) is 82.5 cm³/mol. The van der Waals surface area contributed by atoms with Gasteiger partial charge in [0.2, 0.25) is 0 Å². The number of hydrogen-bond acceptors (Lipinski definition) is 2. The highest BCUT2D eigenvalue weighted by atomic mass is 79.9. The number of nitrogens with two attached hydrogens (primary N) is 1. The first-order chi connectivity index (χ1) is 8.32. The topological polar surface area (TPSA) is 53.1 Å². The Hall–Kier alpha value is -1.03.